The highest BCUT2D eigenvalue weighted by atomic mass is 16.4. The Bertz CT molecular complexity index is 50.8. The van der Waals surface area contributed by atoms with Crippen LogP contribution in [0.3, 0.4) is 0 Å². The van der Waals surface area contributed by atoms with Crippen molar-refractivity contribution in [2.75, 3.05) is 0 Å². The van der Waals surface area contributed by atoms with Crippen molar-refractivity contribution < 1.29 is 5.21 Å². The van der Waals surface area contributed by atoms with Gasteiger partial charge in [0.1, 0.15) is 0 Å². The van der Waals surface area contributed by atoms with E-state index in [1.807, 2.05) is 0 Å². The third-order valence-corrected chi connectivity index (χ3v) is 0.239. The largest absolute Gasteiger partial charge is 0.411 e. The lowest BCUT2D eigenvalue weighted by Gasteiger charge is -1.87. The minimum atomic E-state index is -0.644. The predicted octanol–water partition coefficient (Wildman–Crippen LogP) is -1.31. The van der Waals surface area contributed by atoms with E-state index in [1.54, 1.807) is 0 Å². The Hall–Kier alpha value is -0.610. The fourth-order valence-corrected chi connectivity index (χ4v) is 0.0770. The molecule has 0 saturated carbocycles. The lowest BCUT2D eigenvalue weighted by molar-refractivity contribution is 0.320. The second-order valence-electron chi connectivity index (χ2n) is 0.842. The maximum absolute atomic E-state index is 7.65. The maximum atomic E-state index is 7.65. The van der Waals surface area contributed by atoms with E-state index in [1.165, 1.54) is 0 Å². The van der Waals surface area contributed by atoms with Gasteiger partial charge in [0.25, 0.3) is 0 Å². The minimum absolute atomic E-state index is 0.644. The molecule has 0 radical (unpaired) electrons. The summed E-state index contributed by atoms with van der Waals surface area (Å²) in [6.45, 7) is 0. The summed E-state index contributed by atoms with van der Waals surface area (Å²) in [7, 11) is 0. The summed E-state index contributed by atoms with van der Waals surface area (Å²) in [4.78, 5) is 0. The van der Waals surface area contributed by atoms with Gasteiger partial charge in [-0.25, -0.2) is 0 Å². The molecule has 0 spiro atoms. The molecule has 0 aromatic carbocycles. The fourth-order valence-electron chi connectivity index (χ4n) is 0.0770. The molecule has 4 nitrogen and oxygen atoms in total. The number of nitrogens with two attached hydrogens (primary N) is 2. The highest BCUT2D eigenvalue weighted by Crippen LogP contribution is 1.50. The molecule has 0 aromatic rings. The van der Waals surface area contributed by atoms with Crippen molar-refractivity contribution in [3.8, 4) is 0 Å². The molecule has 0 aliphatic rings. The van der Waals surface area contributed by atoms with Crippen molar-refractivity contribution in [3.63, 3.8) is 0 Å². The van der Waals surface area contributed by atoms with Crippen LogP contribution in [0.4, 0.5) is 0 Å². The molecule has 0 bridgehead atoms. The van der Waals surface area contributed by atoms with Crippen LogP contribution in [-0.4, -0.2) is 17.6 Å². The summed E-state index contributed by atoms with van der Waals surface area (Å²) in [5, 5.41) is 10.2. The molecule has 4 heteroatoms. The fraction of sp³-hybridized carbons (Fsp3) is 0.500. The van der Waals surface area contributed by atoms with Gasteiger partial charge in [0.15, 0.2) is 0 Å². The quantitative estimate of drug-likeness (QED) is 0.161. The number of nitrogens with zero attached hydrogens (tertiary/aromatic N) is 1. The molecule has 0 aliphatic carbocycles. The molecule has 0 heterocycles. The van der Waals surface area contributed by atoms with Gasteiger partial charge in [-0.15, -0.1) is 0 Å². The molecule has 0 rings (SSSR count). The van der Waals surface area contributed by atoms with Gasteiger partial charge in [-0.05, 0) is 0 Å². The zero-order valence-electron chi connectivity index (χ0n) is 3.20. The van der Waals surface area contributed by atoms with Gasteiger partial charge in [-0.3, -0.25) is 0 Å². The average molecular weight is 89.1 g/mol. The summed E-state index contributed by atoms with van der Waals surface area (Å²) in [6, 6.07) is 0. The average Bonchev–Trinajstić information content (AvgIpc) is 1.35. The summed E-state index contributed by atoms with van der Waals surface area (Å²) in [6.07, 6.45) is 0.384. The molecule has 0 aliphatic heterocycles. The number of rotatable bonds is 1. The van der Waals surface area contributed by atoms with Crippen molar-refractivity contribution in [2.45, 2.75) is 6.17 Å². The van der Waals surface area contributed by atoms with E-state index in [9.17, 15) is 0 Å². The predicted molar refractivity (Wildman–Crippen MR) is 22.4 cm³/mol. The molecule has 36 valence electrons. The molecule has 0 saturated heterocycles. The van der Waals surface area contributed by atoms with Crippen LogP contribution >= 0.6 is 0 Å². The SMILES string of the molecule is NC(N)C=NO. The topological polar surface area (TPSA) is 84.6 Å². The molecule has 0 atom stereocenters. The van der Waals surface area contributed by atoms with Crippen LogP contribution < -0.4 is 11.5 Å². The Morgan fingerprint density at radius 1 is 1.67 bits per heavy atom. The van der Waals surface area contributed by atoms with E-state index in [-0.39, 0.29) is 0 Å². The first-order valence-corrected chi connectivity index (χ1v) is 1.46. The van der Waals surface area contributed by atoms with Crippen molar-refractivity contribution >= 4 is 6.21 Å². The van der Waals surface area contributed by atoms with Crippen molar-refractivity contribution in [1.29, 1.82) is 0 Å². The maximum Gasteiger partial charge on any atom is 0.0922 e. The van der Waals surface area contributed by atoms with Crippen LogP contribution in [0.5, 0.6) is 0 Å². The molecule has 0 aromatic heterocycles. The van der Waals surface area contributed by atoms with Gasteiger partial charge >= 0.3 is 0 Å². The van der Waals surface area contributed by atoms with E-state index >= 15 is 0 Å². The first-order valence-electron chi connectivity index (χ1n) is 1.46. The molecule has 5 N–H and O–H groups in total. The molecule has 6 heavy (non-hydrogen) atoms. The minimum Gasteiger partial charge on any atom is -0.411 e. The molecule has 0 fully saturated rings. The van der Waals surface area contributed by atoms with Gasteiger partial charge in [-0.1, -0.05) is 5.16 Å². The van der Waals surface area contributed by atoms with Crippen LogP contribution in [0.2, 0.25) is 0 Å². The Balaban J connectivity index is 3.03. The Kier molecular flexibility index (Phi) is 2.35. The zero-order valence-corrected chi connectivity index (χ0v) is 3.20. The highest BCUT2D eigenvalue weighted by Gasteiger charge is 1.79. The lowest BCUT2D eigenvalue weighted by Crippen LogP contribution is -2.31. The van der Waals surface area contributed by atoms with E-state index in [4.69, 9.17) is 16.7 Å². The number of hydrogen-bond acceptors (Lipinski definition) is 4. The summed E-state index contributed by atoms with van der Waals surface area (Å²) in [5.74, 6) is 0. The van der Waals surface area contributed by atoms with E-state index < -0.39 is 6.17 Å². The molecule has 0 unspecified atom stereocenters. The van der Waals surface area contributed by atoms with Gasteiger partial charge in [-0.2, -0.15) is 0 Å². The second kappa shape index (κ2) is 2.62. The Morgan fingerprint density at radius 3 is 2.17 bits per heavy atom. The molecule has 0 amide bonds. The van der Waals surface area contributed by atoms with Crippen molar-refractivity contribution in [3.05, 3.63) is 0 Å². The smallest absolute Gasteiger partial charge is 0.0922 e. The van der Waals surface area contributed by atoms with Crippen LogP contribution in [0.1, 0.15) is 0 Å². The third kappa shape index (κ3) is 3.39. The normalized spacial score (nSPS) is 11.2. The van der Waals surface area contributed by atoms with Crippen LogP contribution in [0.15, 0.2) is 5.16 Å². The van der Waals surface area contributed by atoms with Crippen LogP contribution in [-0.2, 0) is 0 Å². The Labute approximate surface area is 35.4 Å². The second-order valence-corrected chi connectivity index (χ2v) is 0.842. The molecular weight excluding hydrogens is 82.0 g/mol. The van der Waals surface area contributed by atoms with Gasteiger partial charge < -0.3 is 16.7 Å². The number of hydrogen-bond donors (Lipinski definition) is 3. The van der Waals surface area contributed by atoms with Crippen LogP contribution in [0, 0.1) is 0 Å². The number of oxime groups is 1. The van der Waals surface area contributed by atoms with E-state index in [0.717, 1.165) is 6.21 Å². The summed E-state index contributed by atoms with van der Waals surface area (Å²) in [5.41, 5.74) is 9.74. The third-order valence-electron chi connectivity index (χ3n) is 0.239. The Morgan fingerprint density at radius 2 is 2.17 bits per heavy atom. The standard InChI is InChI=1S/C2H7N3O/c3-2(4)1-5-6/h1-2,6H,3-4H2. The van der Waals surface area contributed by atoms with Crippen molar-refractivity contribution in [2.24, 2.45) is 16.6 Å². The highest BCUT2D eigenvalue weighted by molar-refractivity contribution is 5.61. The summed E-state index contributed by atoms with van der Waals surface area (Å²) >= 11 is 0. The van der Waals surface area contributed by atoms with E-state index in [2.05, 4.69) is 5.16 Å². The first kappa shape index (κ1) is 5.39. The van der Waals surface area contributed by atoms with Crippen molar-refractivity contribution in [1.82, 2.24) is 0 Å². The zero-order chi connectivity index (χ0) is 4.99. The monoisotopic (exact) mass is 89.1 g/mol. The lowest BCUT2D eigenvalue weighted by atomic mass is 10.6. The first-order chi connectivity index (χ1) is 2.77. The molecular formula is C2H7N3O. The van der Waals surface area contributed by atoms with Gasteiger partial charge in [0.2, 0.25) is 0 Å². The van der Waals surface area contributed by atoms with E-state index in [0.29, 0.717) is 0 Å². The van der Waals surface area contributed by atoms with Crippen LogP contribution in [0.25, 0.3) is 0 Å². The van der Waals surface area contributed by atoms with Gasteiger partial charge in [0.05, 0.1) is 12.4 Å². The summed E-state index contributed by atoms with van der Waals surface area (Å²) < 4.78 is 0. The van der Waals surface area contributed by atoms with Gasteiger partial charge in [0, 0.05) is 0 Å².